The molecular weight excluding hydrogens is 140 g/mol. The lowest BCUT2D eigenvalue weighted by Gasteiger charge is -2.21. The number of nitrogens with one attached hydrogen (secondary N) is 1. The molecule has 3 fully saturated rings. The second-order valence-corrected chi connectivity index (χ2v) is 3.80. The SMILES string of the molecule is CN[C@H]1[C@@H]2[C@H]3CCN2C[C@H]1O3. The third kappa shape index (κ3) is 0.643. The minimum Gasteiger partial charge on any atom is -0.370 e. The number of ether oxygens (including phenoxy) is 1. The van der Waals surface area contributed by atoms with Gasteiger partial charge in [0.2, 0.25) is 0 Å². The first-order valence-electron chi connectivity index (χ1n) is 4.47. The van der Waals surface area contributed by atoms with E-state index in [4.69, 9.17) is 4.74 Å². The van der Waals surface area contributed by atoms with Crippen molar-refractivity contribution < 1.29 is 4.74 Å². The fraction of sp³-hybridized carbons (Fsp3) is 1.00. The summed E-state index contributed by atoms with van der Waals surface area (Å²) in [4.78, 5) is 2.57. The maximum Gasteiger partial charge on any atom is 0.0875 e. The molecule has 3 aliphatic heterocycles. The topological polar surface area (TPSA) is 24.5 Å². The standard InChI is InChI=1S/C8H14N2O/c1-9-7-6-4-10-3-2-5(11-6)8(7)10/h5-9H,2-4H2,1H3/t5-,6-,7-,8+/m1/s1. The van der Waals surface area contributed by atoms with Gasteiger partial charge in [-0.2, -0.15) is 0 Å². The molecule has 0 unspecified atom stereocenters. The molecule has 0 saturated carbocycles. The largest absolute Gasteiger partial charge is 0.370 e. The molecule has 0 spiro atoms. The monoisotopic (exact) mass is 154 g/mol. The summed E-state index contributed by atoms with van der Waals surface area (Å²) in [6.07, 6.45) is 2.28. The molecule has 3 aliphatic rings. The zero-order valence-corrected chi connectivity index (χ0v) is 6.79. The molecule has 3 nitrogen and oxygen atoms in total. The summed E-state index contributed by atoms with van der Waals surface area (Å²) >= 11 is 0. The number of hydrogen-bond acceptors (Lipinski definition) is 3. The summed E-state index contributed by atoms with van der Waals surface area (Å²) in [6, 6.07) is 1.31. The number of rotatable bonds is 1. The number of morpholine rings is 1. The van der Waals surface area contributed by atoms with E-state index in [-0.39, 0.29) is 0 Å². The minimum atomic E-state index is 0.484. The van der Waals surface area contributed by atoms with Gasteiger partial charge in [-0.15, -0.1) is 0 Å². The van der Waals surface area contributed by atoms with Gasteiger partial charge in [0, 0.05) is 13.1 Å². The van der Waals surface area contributed by atoms with Gasteiger partial charge in [-0.1, -0.05) is 0 Å². The van der Waals surface area contributed by atoms with Crippen molar-refractivity contribution in [3.8, 4) is 0 Å². The molecule has 62 valence electrons. The summed E-state index contributed by atoms with van der Waals surface area (Å²) < 4.78 is 5.85. The van der Waals surface area contributed by atoms with Crippen LogP contribution < -0.4 is 5.32 Å². The van der Waals surface area contributed by atoms with Crippen LogP contribution in [0.25, 0.3) is 0 Å². The van der Waals surface area contributed by atoms with Gasteiger partial charge in [-0.05, 0) is 13.5 Å². The van der Waals surface area contributed by atoms with Crippen molar-refractivity contribution in [2.24, 2.45) is 0 Å². The van der Waals surface area contributed by atoms with Crippen LogP contribution in [0.15, 0.2) is 0 Å². The van der Waals surface area contributed by atoms with Gasteiger partial charge >= 0.3 is 0 Å². The molecule has 0 aromatic carbocycles. The Kier molecular flexibility index (Phi) is 1.15. The van der Waals surface area contributed by atoms with Crippen LogP contribution in [0.1, 0.15) is 6.42 Å². The highest BCUT2D eigenvalue weighted by molar-refractivity contribution is 5.11. The summed E-state index contributed by atoms with van der Waals surface area (Å²) in [5.41, 5.74) is 0. The second-order valence-electron chi connectivity index (χ2n) is 3.80. The molecule has 0 aromatic rings. The van der Waals surface area contributed by atoms with Gasteiger partial charge in [0.25, 0.3) is 0 Å². The lowest BCUT2D eigenvalue weighted by molar-refractivity contribution is 0.00833. The number of nitrogens with zero attached hydrogens (tertiary/aromatic N) is 1. The fourth-order valence-corrected chi connectivity index (χ4v) is 2.94. The number of hydrogen-bond donors (Lipinski definition) is 1. The Hall–Kier alpha value is -0.120. The average Bonchev–Trinajstić information content (AvgIpc) is 2.55. The molecular formula is C8H14N2O. The molecule has 0 aliphatic carbocycles. The van der Waals surface area contributed by atoms with Crippen molar-refractivity contribution in [2.75, 3.05) is 20.1 Å². The first kappa shape index (κ1) is 6.40. The molecule has 4 atom stereocenters. The van der Waals surface area contributed by atoms with Crippen LogP contribution in [0, 0.1) is 0 Å². The van der Waals surface area contributed by atoms with Crippen LogP contribution in [-0.2, 0) is 4.74 Å². The van der Waals surface area contributed by atoms with E-state index in [9.17, 15) is 0 Å². The summed E-state index contributed by atoms with van der Waals surface area (Å²) in [6.45, 7) is 2.41. The number of fused-ring (bicyclic) bond motifs is 1. The van der Waals surface area contributed by atoms with Gasteiger partial charge in [0.15, 0.2) is 0 Å². The van der Waals surface area contributed by atoms with E-state index in [1.807, 2.05) is 7.05 Å². The highest BCUT2D eigenvalue weighted by Gasteiger charge is 2.56. The van der Waals surface area contributed by atoms with Crippen LogP contribution in [-0.4, -0.2) is 49.3 Å². The van der Waals surface area contributed by atoms with Crippen LogP contribution >= 0.6 is 0 Å². The van der Waals surface area contributed by atoms with Crippen molar-refractivity contribution in [1.82, 2.24) is 10.2 Å². The highest BCUT2D eigenvalue weighted by atomic mass is 16.5. The van der Waals surface area contributed by atoms with Crippen molar-refractivity contribution in [3.63, 3.8) is 0 Å². The van der Waals surface area contributed by atoms with E-state index in [1.54, 1.807) is 0 Å². The van der Waals surface area contributed by atoms with Crippen molar-refractivity contribution in [2.45, 2.75) is 30.7 Å². The smallest absolute Gasteiger partial charge is 0.0875 e. The highest BCUT2D eigenvalue weighted by Crippen LogP contribution is 2.39. The van der Waals surface area contributed by atoms with Gasteiger partial charge in [-0.25, -0.2) is 0 Å². The van der Waals surface area contributed by atoms with Crippen molar-refractivity contribution >= 4 is 0 Å². The number of likely N-dealkylation sites (N-methyl/N-ethyl adjacent to an activating group) is 1. The molecule has 1 N–H and O–H groups in total. The molecule has 3 heteroatoms. The zero-order chi connectivity index (χ0) is 7.42. The third-order valence-corrected chi connectivity index (χ3v) is 3.37. The maximum atomic E-state index is 5.85. The van der Waals surface area contributed by atoms with Gasteiger partial charge in [0.05, 0.1) is 24.3 Å². The van der Waals surface area contributed by atoms with Crippen LogP contribution in [0.3, 0.4) is 0 Å². The van der Waals surface area contributed by atoms with Crippen LogP contribution in [0.4, 0.5) is 0 Å². The van der Waals surface area contributed by atoms with Crippen molar-refractivity contribution in [3.05, 3.63) is 0 Å². The molecule has 0 radical (unpaired) electrons. The summed E-state index contributed by atoms with van der Waals surface area (Å²) in [7, 11) is 2.05. The zero-order valence-electron chi connectivity index (χ0n) is 6.79. The average molecular weight is 154 g/mol. The Morgan fingerprint density at radius 3 is 3.00 bits per heavy atom. The second kappa shape index (κ2) is 1.97. The lowest BCUT2D eigenvalue weighted by atomic mass is 10.1. The third-order valence-electron chi connectivity index (χ3n) is 3.37. The normalized spacial score (nSPS) is 54.3. The predicted molar refractivity (Wildman–Crippen MR) is 41.5 cm³/mol. The Morgan fingerprint density at radius 1 is 1.45 bits per heavy atom. The Morgan fingerprint density at radius 2 is 2.36 bits per heavy atom. The van der Waals surface area contributed by atoms with E-state index in [1.165, 1.54) is 13.0 Å². The van der Waals surface area contributed by atoms with Gasteiger partial charge < -0.3 is 10.1 Å². The summed E-state index contributed by atoms with van der Waals surface area (Å²) in [5.74, 6) is 0. The molecule has 2 bridgehead atoms. The fourth-order valence-electron chi connectivity index (χ4n) is 2.94. The van der Waals surface area contributed by atoms with E-state index >= 15 is 0 Å². The molecule has 3 saturated heterocycles. The summed E-state index contributed by atoms with van der Waals surface area (Å²) in [5, 5.41) is 3.36. The first-order valence-corrected chi connectivity index (χ1v) is 4.47. The maximum absolute atomic E-state index is 5.85. The van der Waals surface area contributed by atoms with E-state index in [0.29, 0.717) is 24.3 Å². The van der Waals surface area contributed by atoms with E-state index < -0.39 is 0 Å². The lowest BCUT2D eigenvalue weighted by Crippen LogP contribution is -2.40. The molecule has 11 heavy (non-hydrogen) atoms. The van der Waals surface area contributed by atoms with Gasteiger partial charge in [-0.3, -0.25) is 4.90 Å². The van der Waals surface area contributed by atoms with Crippen molar-refractivity contribution in [1.29, 1.82) is 0 Å². The van der Waals surface area contributed by atoms with Crippen LogP contribution in [0.5, 0.6) is 0 Å². The molecule has 3 heterocycles. The van der Waals surface area contributed by atoms with Gasteiger partial charge in [0.1, 0.15) is 0 Å². The van der Waals surface area contributed by atoms with E-state index in [0.717, 1.165) is 6.54 Å². The Bertz CT molecular complexity index is 171. The molecule has 0 aromatic heterocycles. The Balaban J connectivity index is 1.93. The van der Waals surface area contributed by atoms with E-state index in [2.05, 4.69) is 10.2 Å². The predicted octanol–water partition coefficient (Wildman–Crippen LogP) is -0.570. The molecule has 3 rings (SSSR count). The molecule has 0 amide bonds. The van der Waals surface area contributed by atoms with Crippen LogP contribution in [0.2, 0.25) is 0 Å². The minimum absolute atomic E-state index is 0.484. The quantitative estimate of drug-likeness (QED) is 0.547. The Labute approximate surface area is 66.7 Å². The first-order chi connectivity index (χ1) is 5.40.